The Balaban J connectivity index is 1.80. The highest BCUT2D eigenvalue weighted by atomic mass is 16.5. The number of hydrogen-bond acceptors (Lipinski definition) is 4. The van der Waals surface area contributed by atoms with E-state index in [-0.39, 0.29) is 12.0 Å². The first-order chi connectivity index (χ1) is 13.1. The van der Waals surface area contributed by atoms with Crippen LogP contribution in [0.5, 0.6) is 0 Å². The molecule has 2 aromatic rings. The second-order valence-electron chi connectivity index (χ2n) is 6.91. The number of carbonyl (C=O) groups is 2. The van der Waals surface area contributed by atoms with Crippen molar-refractivity contribution in [1.82, 2.24) is 9.88 Å². The fraction of sp³-hybridized carbons (Fsp3) is 0.381. The Labute approximate surface area is 159 Å². The normalized spacial score (nSPS) is 14.7. The standard InChI is InChI=1S/C21H25N3O3/c1-16-10-13-23(14-11-16)21(26)24(19-5-3-4-12-22-19)15-17-6-8-18(9-7-17)20(25)27-2/h3-9,12,16H,10-11,13-15H2,1-2H3. The van der Waals surface area contributed by atoms with E-state index < -0.39 is 0 Å². The van der Waals surface area contributed by atoms with Crippen molar-refractivity contribution in [2.45, 2.75) is 26.3 Å². The van der Waals surface area contributed by atoms with E-state index in [1.807, 2.05) is 35.2 Å². The molecule has 3 rings (SSSR count). The Hall–Kier alpha value is -2.89. The molecule has 0 aliphatic carbocycles. The van der Waals surface area contributed by atoms with Gasteiger partial charge in [-0.25, -0.2) is 14.6 Å². The van der Waals surface area contributed by atoms with Gasteiger partial charge in [0, 0.05) is 19.3 Å². The van der Waals surface area contributed by atoms with E-state index in [1.165, 1.54) is 7.11 Å². The number of hydrogen-bond donors (Lipinski definition) is 0. The maximum atomic E-state index is 13.2. The Morgan fingerprint density at radius 3 is 2.44 bits per heavy atom. The van der Waals surface area contributed by atoms with Gasteiger partial charge >= 0.3 is 12.0 Å². The molecular formula is C21H25N3O3. The third kappa shape index (κ3) is 4.64. The van der Waals surface area contributed by atoms with E-state index in [9.17, 15) is 9.59 Å². The number of amides is 2. The van der Waals surface area contributed by atoms with Crippen LogP contribution in [0.3, 0.4) is 0 Å². The number of carbonyl (C=O) groups excluding carboxylic acids is 2. The fourth-order valence-corrected chi connectivity index (χ4v) is 3.18. The van der Waals surface area contributed by atoms with Gasteiger partial charge in [-0.15, -0.1) is 0 Å². The molecule has 1 aromatic heterocycles. The number of likely N-dealkylation sites (tertiary alicyclic amines) is 1. The molecule has 0 bridgehead atoms. The van der Waals surface area contributed by atoms with Crippen molar-refractivity contribution < 1.29 is 14.3 Å². The monoisotopic (exact) mass is 367 g/mol. The molecule has 6 heteroatoms. The average molecular weight is 367 g/mol. The summed E-state index contributed by atoms with van der Waals surface area (Å²) in [5.41, 5.74) is 1.41. The van der Waals surface area contributed by atoms with Gasteiger partial charge in [0.2, 0.25) is 0 Å². The van der Waals surface area contributed by atoms with Crippen molar-refractivity contribution in [1.29, 1.82) is 0 Å². The van der Waals surface area contributed by atoms with Gasteiger partial charge in [-0.2, -0.15) is 0 Å². The number of piperidine rings is 1. The van der Waals surface area contributed by atoms with Crippen molar-refractivity contribution in [3.8, 4) is 0 Å². The molecule has 6 nitrogen and oxygen atoms in total. The molecular weight excluding hydrogens is 342 g/mol. The molecule has 0 N–H and O–H groups in total. The number of rotatable bonds is 4. The molecule has 1 saturated heterocycles. The molecule has 0 radical (unpaired) electrons. The molecule has 1 aliphatic rings. The Kier molecular flexibility index (Phi) is 6.06. The number of pyridine rings is 1. The lowest BCUT2D eigenvalue weighted by molar-refractivity contribution is 0.0600. The van der Waals surface area contributed by atoms with E-state index in [1.54, 1.807) is 23.2 Å². The van der Waals surface area contributed by atoms with Gasteiger partial charge in [-0.1, -0.05) is 25.1 Å². The lowest BCUT2D eigenvalue weighted by Gasteiger charge is -2.34. The van der Waals surface area contributed by atoms with Crippen molar-refractivity contribution >= 4 is 17.8 Å². The first-order valence-electron chi connectivity index (χ1n) is 9.23. The summed E-state index contributed by atoms with van der Waals surface area (Å²) < 4.78 is 4.73. The number of aromatic nitrogens is 1. The number of ether oxygens (including phenoxy) is 1. The number of esters is 1. The predicted molar refractivity (Wildman–Crippen MR) is 104 cm³/mol. The number of nitrogens with zero attached hydrogens (tertiary/aromatic N) is 3. The summed E-state index contributed by atoms with van der Waals surface area (Å²) >= 11 is 0. The number of urea groups is 1. The maximum absolute atomic E-state index is 13.2. The van der Waals surface area contributed by atoms with E-state index in [0.717, 1.165) is 31.5 Å². The van der Waals surface area contributed by atoms with Crippen molar-refractivity contribution in [2.75, 3.05) is 25.1 Å². The molecule has 2 amide bonds. The fourth-order valence-electron chi connectivity index (χ4n) is 3.18. The van der Waals surface area contributed by atoms with Gasteiger partial charge in [0.25, 0.3) is 0 Å². The summed E-state index contributed by atoms with van der Waals surface area (Å²) in [4.78, 5) is 32.7. The van der Waals surface area contributed by atoms with Crippen LogP contribution in [-0.4, -0.2) is 42.1 Å². The maximum Gasteiger partial charge on any atom is 0.337 e. The SMILES string of the molecule is COC(=O)c1ccc(CN(C(=O)N2CCC(C)CC2)c2ccccn2)cc1. The van der Waals surface area contributed by atoms with Crippen LogP contribution in [0.1, 0.15) is 35.7 Å². The minimum Gasteiger partial charge on any atom is -0.465 e. The summed E-state index contributed by atoms with van der Waals surface area (Å²) in [5, 5.41) is 0. The largest absolute Gasteiger partial charge is 0.465 e. The number of methoxy groups -OCH3 is 1. The Morgan fingerprint density at radius 2 is 1.85 bits per heavy atom. The Morgan fingerprint density at radius 1 is 1.15 bits per heavy atom. The van der Waals surface area contributed by atoms with Gasteiger partial charge in [-0.05, 0) is 48.6 Å². The Bertz CT molecular complexity index is 769. The molecule has 0 unspecified atom stereocenters. The van der Waals surface area contributed by atoms with Crippen LogP contribution >= 0.6 is 0 Å². The quantitative estimate of drug-likeness (QED) is 0.773. The average Bonchev–Trinajstić information content (AvgIpc) is 2.72. The van der Waals surface area contributed by atoms with E-state index in [2.05, 4.69) is 11.9 Å². The smallest absolute Gasteiger partial charge is 0.337 e. The summed E-state index contributed by atoms with van der Waals surface area (Å²) in [6.07, 6.45) is 3.74. The van der Waals surface area contributed by atoms with Gasteiger partial charge in [-0.3, -0.25) is 4.90 Å². The molecule has 0 atom stereocenters. The highest BCUT2D eigenvalue weighted by Crippen LogP contribution is 2.21. The van der Waals surface area contributed by atoms with Crippen LogP contribution < -0.4 is 4.90 Å². The van der Waals surface area contributed by atoms with Crippen LogP contribution in [0.25, 0.3) is 0 Å². The van der Waals surface area contributed by atoms with Gasteiger partial charge in [0.1, 0.15) is 5.82 Å². The van der Waals surface area contributed by atoms with E-state index >= 15 is 0 Å². The van der Waals surface area contributed by atoms with Crippen LogP contribution in [0, 0.1) is 5.92 Å². The molecule has 27 heavy (non-hydrogen) atoms. The highest BCUT2D eigenvalue weighted by Gasteiger charge is 2.26. The highest BCUT2D eigenvalue weighted by molar-refractivity contribution is 5.91. The minimum atomic E-state index is -0.373. The third-order valence-electron chi connectivity index (χ3n) is 4.93. The van der Waals surface area contributed by atoms with E-state index in [4.69, 9.17) is 4.74 Å². The topological polar surface area (TPSA) is 62.7 Å². The molecule has 2 heterocycles. The molecule has 1 aliphatic heterocycles. The van der Waals surface area contributed by atoms with Crippen molar-refractivity contribution in [2.24, 2.45) is 5.92 Å². The molecule has 142 valence electrons. The van der Waals surface area contributed by atoms with E-state index in [0.29, 0.717) is 23.8 Å². The minimum absolute atomic E-state index is 0.0300. The summed E-state index contributed by atoms with van der Waals surface area (Å²) in [5.74, 6) is 0.906. The predicted octanol–water partition coefficient (Wildman–Crippen LogP) is 3.73. The van der Waals surface area contributed by atoms with Gasteiger partial charge in [0.05, 0.1) is 19.2 Å². The molecule has 0 saturated carbocycles. The molecule has 1 fully saturated rings. The summed E-state index contributed by atoms with van der Waals surface area (Å²) in [6.45, 7) is 4.15. The molecule has 1 aromatic carbocycles. The number of anilines is 1. The lowest BCUT2D eigenvalue weighted by atomic mass is 9.99. The zero-order chi connectivity index (χ0) is 19.2. The van der Waals surface area contributed by atoms with Crippen LogP contribution in [-0.2, 0) is 11.3 Å². The number of benzene rings is 1. The summed E-state index contributed by atoms with van der Waals surface area (Å²) in [6, 6.07) is 12.6. The second-order valence-corrected chi connectivity index (χ2v) is 6.91. The van der Waals surface area contributed by atoms with Crippen LogP contribution in [0.15, 0.2) is 48.7 Å². The van der Waals surface area contributed by atoms with Crippen LogP contribution in [0.2, 0.25) is 0 Å². The third-order valence-corrected chi connectivity index (χ3v) is 4.93. The van der Waals surface area contributed by atoms with Crippen LogP contribution in [0.4, 0.5) is 10.6 Å². The zero-order valence-electron chi connectivity index (χ0n) is 15.8. The zero-order valence-corrected chi connectivity index (χ0v) is 15.8. The lowest BCUT2D eigenvalue weighted by Crippen LogP contribution is -2.46. The second kappa shape index (κ2) is 8.66. The first-order valence-corrected chi connectivity index (χ1v) is 9.23. The first kappa shape index (κ1) is 18.9. The summed E-state index contributed by atoms with van der Waals surface area (Å²) in [7, 11) is 1.36. The molecule has 0 spiro atoms. The van der Waals surface area contributed by atoms with Crippen molar-refractivity contribution in [3.05, 3.63) is 59.8 Å². The van der Waals surface area contributed by atoms with Crippen molar-refractivity contribution in [3.63, 3.8) is 0 Å². The van der Waals surface area contributed by atoms with Gasteiger partial charge in [0.15, 0.2) is 0 Å². The van der Waals surface area contributed by atoms with Gasteiger partial charge < -0.3 is 9.64 Å².